The summed E-state index contributed by atoms with van der Waals surface area (Å²) >= 11 is 12.5. The van der Waals surface area contributed by atoms with E-state index in [2.05, 4.69) is 0 Å². The van der Waals surface area contributed by atoms with Crippen molar-refractivity contribution in [1.29, 1.82) is 0 Å². The van der Waals surface area contributed by atoms with Crippen LogP contribution in [0.4, 0.5) is 4.39 Å². The minimum atomic E-state index is -1.80. The standard InChI is InChI=1S/C21H17Cl2FO6S/c1-11(25)29-21-17(24)18(30-20(27)13-4-8-15(23)9-5-13)16(31-21)10-28-19(26)12-2-6-14(22)7-3-12/h2-9,16-18,21H,10H2,1H3/t16-,17+,18-,21-/m1/s1. The highest BCUT2D eigenvalue weighted by molar-refractivity contribution is 8.00. The van der Waals surface area contributed by atoms with Crippen molar-refractivity contribution in [2.45, 2.75) is 29.9 Å². The van der Waals surface area contributed by atoms with Crippen LogP contribution in [-0.4, -0.2) is 47.5 Å². The van der Waals surface area contributed by atoms with E-state index in [9.17, 15) is 18.8 Å². The molecule has 4 atom stereocenters. The fourth-order valence-electron chi connectivity index (χ4n) is 2.82. The molecule has 1 aliphatic rings. The summed E-state index contributed by atoms with van der Waals surface area (Å²) in [5, 5.41) is 0.103. The highest BCUT2D eigenvalue weighted by Gasteiger charge is 2.49. The van der Waals surface area contributed by atoms with E-state index >= 15 is 0 Å². The molecular formula is C21H17Cl2FO6S. The van der Waals surface area contributed by atoms with Crippen molar-refractivity contribution >= 4 is 52.9 Å². The zero-order chi connectivity index (χ0) is 22.5. The van der Waals surface area contributed by atoms with Crippen molar-refractivity contribution in [2.75, 3.05) is 6.61 Å². The van der Waals surface area contributed by atoms with Gasteiger partial charge in [0.2, 0.25) is 0 Å². The Kier molecular flexibility index (Phi) is 7.80. The van der Waals surface area contributed by atoms with E-state index < -0.39 is 40.9 Å². The molecule has 2 aromatic carbocycles. The van der Waals surface area contributed by atoms with E-state index in [0.29, 0.717) is 10.0 Å². The fraction of sp³-hybridized carbons (Fsp3) is 0.286. The number of hydrogen-bond acceptors (Lipinski definition) is 7. The van der Waals surface area contributed by atoms with Gasteiger partial charge in [0.25, 0.3) is 0 Å². The van der Waals surface area contributed by atoms with Crippen molar-refractivity contribution in [3.05, 3.63) is 69.7 Å². The second kappa shape index (κ2) is 10.3. The molecule has 0 bridgehead atoms. The van der Waals surface area contributed by atoms with E-state index in [1.807, 2.05) is 0 Å². The normalized spacial score (nSPS) is 22.6. The predicted molar refractivity (Wildman–Crippen MR) is 114 cm³/mol. The number of alkyl halides is 1. The predicted octanol–water partition coefficient (Wildman–Crippen LogP) is 4.72. The Morgan fingerprint density at radius 3 is 1.94 bits per heavy atom. The molecule has 0 amide bonds. The average Bonchev–Trinajstić information content (AvgIpc) is 3.01. The van der Waals surface area contributed by atoms with Crippen molar-refractivity contribution in [1.82, 2.24) is 0 Å². The lowest BCUT2D eigenvalue weighted by atomic mass is 10.1. The summed E-state index contributed by atoms with van der Waals surface area (Å²) in [6.07, 6.45) is -3.10. The summed E-state index contributed by atoms with van der Waals surface area (Å²) in [6, 6.07) is 11.9. The first-order chi connectivity index (χ1) is 14.7. The quantitative estimate of drug-likeness (QED) is 0.431. The molecule has 0 N–H and O–H groups in total. The lowest BCUT2D eigenvalue weighted by molar-refractivity contribution is -0.145. The fourth-order valence-corrected chi connectivity index (χ4v) is 4.42. The van der Waals surface area contributed by atoms with Crippen LogP contribution in [0.2, 0.25) is 10.0 Å². The van der Waals surface area contributed by atoms with Crippen molar-refractivity contribution in [3.8, 4) is 0 Å². The van der Waals surface area contributed by atoms with Gasteiger partial charge in [-0.15, -0.1) is 11.8 Å². The molecular weight excluding hydrogens is 470 g/mol. The minimum Gasteiger partial charge on any atom is -0.461 e. The summed E-state index contributed by atoms with van der Waals surface area (Å²) < 4.78 is 30.5. The first kappa shape index (κ1) is 23.4. The van der Waals surface area contributed by atoms with Gasteiger partial charge in [0, 0.05) is 17.0 Å². The van der Waals surface area contributed by atoms with Gasteiger partial charge in [-0.05, 0) is 48.5 Å². The number of carbonyl (C=O) groups excluding carboxylic acids is 3. The number of ether oxygens (including phenoxy) is 3. The summed E-state index contributed by atoms with van der Waals surface area (Å²) in [7, 11) is 0. The maximum absolute atomic E-state index is 14.9. The van der Waals surface area contributed by atoms with Crippen LogP contribution in [0.3, 0.4) is 0 Å². The first-order valence-electron chi connectivity index (χ1n) is 9.10. The molecule has 1 heterocycles. The number of rotatable bonds is 6. The summed E-state index contributed by atoms with van der Waals surface area (Å²) in [6.45, 7) is 0.888. The van der Waals surface area contributed by atoms with Crippen LogP contribution in [0.15, 0.2) is 48.5 Å². The van der Waals surface area contributed by atoms with E-state index in [1.54, 1.807) is 0 Å². The maximum Gasteiger partial charge on any atom is 0.338 e. The van der Waals surface area contributed by atoms with Crippen LogP contribution in [-0.2, 0) is 19.0 Å². The Labute approximate surface area is 191 Å². The van der Waals surface area contributed by atoms with Crippen LogP contribution in [0.1, 0.15) is 27.6 Å². The Morgan fingerprint density at radius 1 is 0.903 bits per heavy atom. The highest BCUT2D eigenvalue weighted by atomic mass is 35.5. The minimum absolute atomic E-state index is 0.175. The van der Waals surface area contributed by atoms with E-state index in [4.69, 9.17) is 37.4 Å². The number of thioether (sulfide) groups is 1. The third-order valence-electron chi connectivity index (χ3n) is 4.31. The molecule has 1 aliphatic heterocycles. The number of carbonyl (C=O) groups is 3. The largest absolute Gasteiger partial charge is 0.461 e. The first-order valence-corrected chi connectivity index (χ1v) is 10.8. The molecule has 6 nitrogen and oxygen atoms in total. The number of benzene rings is 2. The molecule has 0 radical (unpaired) electrons. The summed E-state index contributed by atoms with van der Waals surface area (Å²) in [5.41, 5.74) is -0.760. The van der Waals surface area contributed by atoms with E-state index in [-0.39, 0.29) is 17.7 Å². The topological polar surface area (TPSA) is 78.9 Å². The van der Waals surface area contributed by atoms with E-state index in [0.717, 1.165) is 18.7 Å². The zero-order valence-corrected chi connectivity index (χ0v) is 18.5. The van der Waals surface area contributed by atoms with Gasteiger partial charge in [-0.25, -0.2) is 14.0 Å². The third-order valence-corrected chi connectivity index (χ3v) is 6.20. The summed E-state index contributed by atoms with van der Waals surface area (Å²) in [4.78, 5) is 36.0. The van der Waals surface area contributed by atoms with Gasteiger partial charge in [0.1, 0.15) is 6.61 Å². The molecule has 0 aliphatic carbocycles. The molecule has 0 saturated carbocycles. The van der Waals surface area contributed by atoms with Gasteiger partial charge < -0.3 is 14.2 Å². The van der Waals surface area contributed by atoms with Gasteiger partial charge in [0.15, 0.2) is 17.7 Å². The third kappa shape index (κ3) is 6.12. The second-order valence-electron chi connectivity index (χ2n) is 6.58. The molecule has 0 unspecified atom stereocenters. The zero-order valence-electron chi connectivity index (χ0n) is 16.1. The molecule has 10 heteroatoms. The molecule has 31 heavy (non-hydrogen) atoms. The molecule has 0 aromatic heterocycles. The lowest BCUT2D eigenvalue weighted by Crippen LogP contribution is -2.37. The van der Waals surface area contributed by atoms with E-state index in [1.165, 1.54) is 48.5 Å². The maximum atomic E-state index is 14.9. The summed E-state index contributed by atoms with van der Waals surface area (Å²) in [5.74, 6) is -2.10. The molecule has 2 aromatic rings. The Balaban J connectivity index is 1.70. The van der Waals surface area contributed by atoms with Gasteiger partial charge in [0.05, 0.1) is 16.4 Å². The van der Waals surface area contributed by atoms with Crippen LogP contribution in [0.25, 0.3) is 0 Å². The van der Waals surface area contributed by atoms with Crippen molar-refractivity contribution in [2.24, 2.45) is 0 Å². The Bertz CT molecular complexity index is 953. The van der Waals surface area contributed by atoms with Crippen LogP contribution in [0, 0.1) is 0 Å². The molecule has 0 spiro atoms. The number of esters is 3. The number of hydrogen-bond donors (Lipinski definition) is 0. The highest BCUT2D eigenvalue weighted by Crippen LogP contribution is 2.39. The lowest BCUT2D eigenvalue weighted by Gasteiger charge is -2.20. The Morgan fingerprint density at radius 2 is 1.42 bits per heavy atom. The van der Waals surface area contributed by atoms with Gasteiger partial charge in [-0.1, -0.05) is 23.2 Å². The molecule has 164 valence electrons. The molecule has 1 fully saturated rings. The van der Waals surface area contributed by atoms with Crippen LogP contribution < -0.4 is 0 Å². The van der Waals surface area contributed by atoms with Crippen molar-refractivity contribution in [3.63, 3.8) is 0 Å². The average molecular weight is 487 g/mol. The molecule has 1 saturated heterocycles. The Hall–Kier alpha value is -2.29. The van der Waals surface area contributed by atoms with Gasteiger partial charge >= 0.3 is 17.9 Å². The van der Waals surface area contributed by atoms with Crippen molar-refractivity contribution < 1.29 is 33.0 Å². The van der Waals surface area contributed by atoms with Crippen LogP contribution >= 0.6 is 35.0 Å². The smallest absolute Gasteiger partial charge is 0.338 e. The monoisotopic (exact) mass is 486 g/mol. The number of halogens is 3. The van der Waals surface area contributed by atoms with Gasteiger partial charge in [-0.3, -0.25) is 4.79 Å². The van der Waals surface area contributed by atoms with Gasteiger partial charge in [-0.2, -0.15) is 0 Å². The van der Waals surface area contributed by atoms with Crippen LogP contribution in [0.5, 0.6) is 0 Å². The second-order valence-corrected chi connectivity index (χ2v) is 8.79. The SMILES string of the molecule is CC(=O)O[C@@H]1S[C@H](COC(=O)c2ccc(Cl)cc2)[C@@H](OC(=O)c2ccc(Cl)cc2)[C@@H]1F. The molecule has 3 rings (SSSR count).